The summed E-state index contributed by atoms with van der Waals surface area (Å²) in [4.78, 5) is 16.6. The summed E-state index contributed by atoms with van der Waals surface area (Å²) in [7, 11) is -3.59. The van der Waals surface area contributed by atoms with Crippen molar-refractivity contribution in [1.82, 2.24) is 4.90 Å². The van der Waals surface area contributed by atoms with Gasteiger partial charge in [0.05, 0.1) is 10.6 Å². The summed E-state index contributed by atoms with van der Waals surface area (Å²) in [5.74, 6) is 0. The molecule has 0 bridgehead atoms. The maximum absolute atomic E-state index is 13.2. The zero-order chi connectivity index (χ0) is 22.2. The van der Waals surface area contributed by atoms with Crippen molar-refractivity contribution in [1.29, 1.82) is 0 Å². The van der Waals surface area contributed by atoms with Crippen LogP contribution < -0.4 is 9.21 Å². The predicted octanol–water partition coefficient (Wildman–Crippen LogP) is 3.50. The number of nitrogens with zero attached hydrogens (tertiary/aromatic N) is 3. The van der Waals surface area contributed by atoms with Crippen molar-refractivity contribution in [3.8, 4) is 0 Å². The minimum Gasteiger partial charge on any atom is -0.444 e. The van der Waals surface area contributed by atoms with Gasteiger partial charge >= 0.3 is 6.09 Å². The number of hydrogen-bond acceptors (Lipinski definition) is 5. The van der Waals surface area contributed by atoms with Gasteiger partial charge in [-0.15, -0.1) is 0 Å². The van der Waals surface area contributed by atoms with E-state index in [0.29, 0.717) is 44.0 Å². The average molecular weight is 444 g/mol. The van der Waals surface area contributed by atoms with Crippen LogP contribution in [0.2, 0.25) is 0 Å². The lowest BCUT2D eigenvalue weighted by molar-refractivity contribution is 0.0240. The highest BCUT2D eigenvalue weighted by Crippen LogP contribution is 2.38. The predicted molar refractivity (Wildman–Crippen MR) is 121 cm³/mol. The number of rotatable bonds is 3. The molecule has 1 fully saturated rings. The SMILES string of the molecule is CC(C)(C)OC(=O)N1CCN(c2cccc3c2CCN3S(=O)(=O)c2ccccc2)CC1. The molecular formula is C23H29N3O4S. The van der Waals surface area contributed by atoms with Crippen LogP contribution in [0.1, 0.15) is 26.3 Å². The van der Waals surface area contributed by atoms with Gasteiger partial charge in [-0.3, -0.25) is 4.31 Å². The summed E-state index contributed by atoms with van der Waals surface area (Å²) in [6.07, 6.45) is 0.384. The van der Waals surface area contributed by atoms with E-state index in [0.717, 1.165) is 16.9 Å². The first-order chi connectivity index (χ1) is 14.7. The molecule has 0 atom stereocenters. The van der Waals surface area contributed by atoms with Gasteiger partial charge < -0.3 is 14.5 Å². The average Bonchev–Trinajstić information content (AvgIpc) is 3.18. The van der Waals surface area contributed by atoms with Gasteiger partial charge in [0, 0.05) is 44.0 Å². The van der Waals surface area contributed by atoms with Crippen molar-refractivity contribution in [3.63, 3.8) is 0 Å². The van der Waals surface area contributed by atoms with E-state index in [4.69, 9.17) is 4.74 Å². The van der Waals surface area contributed by atoms with Gasteiger partial charge in [0.25, 0.3) is 10.0 Å². The molecule has 0 aliphatic carbocycles. The van der Waals surface area contributed by atoms with Crippen LogP contribution in [-0.2, 0) is 21.2 Å². The van der Waals surface area contributed by atoms with Crippen LogP contribution in [0.4, 0.5) is 16.2 Å². The van der Waals surface area contributed by atoms with E-state index in [1.54, 1.807) is 29.2 Å². The van der Waals surface area contributed by atoms with Crippen molar-refractivity contribution in [2.75, 3.05) is 41.9 Å². The van der Waals surface area contributed by atoms with Gasteiger partial charge in [0.1, 0.15) is 5.60 Å². The summed E-state index contributed by atoms with van der Waals surface area (Å²) in [5, 5.41) is 0. The van der Waals surface area contributed by atoms with Gasteiger partial charge in [0.15, 0.2) is 0 Å². The number of carbonyl (C=O) groups is 1. The van der Waals surface area contributed by atoms with Crippen molar-refractivity contribution in [2.24, 2.45) is 0 Å². The Morgan fingerprint density at radius 1 is 0.871 bits per heavy atom. The second kappa shape index (κ2) is 8.07. The highest BCUT2D eigenvalue weighted by molar-refractivity contribution is 7.92. The highest BCUT2D eigenvalue weighted by Gasteiger charge is 2.34. The first-order valence-electron chi connectivity index (χ1n) is 10.6. The van der Waals surface area contributed by atoms with E-state index in [2.05, 4.69) is 4.90 Å². The number of ether oxygens (including phenoxy) is 1. The molecule has 1 saturated heterocycles. The number of hydrogen-bond donors (Lipinski definition) is 0. The van der Waals surface area contributed by atoms with Crippen LogP contribution in [0.25, 0.3) is 0 Å². The van der Waals surface area contributed by atoms with E-state index < -0.39 is 15.6 Å². The Morgan fingerprint density at radius 2 is 1.52 bits per heavy atom. The summed E-state index contributed by atoms with van der Waals surface area (Å²) >= 11 is 0. The van der Waals surface area contributed by atoms with Gasteiger partial charge in [-0.2, -0.15) is 0 Å². The van der Waals surface area contributed by atoms with E-state index in [-0.39, 0.29) is 6.09 Å². The number of carbonyl (C=O) groups excluding carboxylic acids is 1. The fourth-order valence-corrected chi connectivity index (χ4v) is 5.63. The number of sulfonamides is 1. The molecule has 31 heavy (non-hydrogen) atoms. The van der Waals surface area contributed by atoms with Crippen LogP contribution in [0.15, 0.2) is 53.4 Å². The van der Waals surface area contributed by atoms with Crippen molar-refractivity contribution < 1.29 is 17.9 Å². The molecule has 1 amide bonds. The highest BCUT2D eigenvalue weighted by atomic mass is 32.2. The van der Waals surface area contributed by atoms with Crippen LogP contribution in [0, 0.1) is 0 Å². The van der Waals surface area contributed by atoms with Gasteiger partial charge in [0.2, 0.25) is 0 Å². The Hall–Kier alpha value is -2.74. The second-order valence-corrected chi connectivity index (χ2v) is 10.7. The maximum atomic E-state index is 13.2. The Kier molecular flexibility index (Phi) is 5.60. The molecule has 0 saturated carbocycles. The Labute approximate surface area is 184 Å². The smallest absolute Gasteiger partial charge is 0.410 e. The molecule has 2 aromatic rings. The Bertz CT molecular complexity index is 1060. The van der Waals surface area contributed by atoms with Crippen LogP contribution in [-0.4, -0.2) is 57.7 Å². The molecule has 2 aliphatic heterocycles. The Morgan fingerprint density at radius 3 is 2.16 bits per heavy atom. The number of benzene rings is 2. The number of piperazine rings is 1. The molecular weight excluding hydrogens is 414 g/mol. The second-order valence-electron chi connectivity index (χ2n) is 8.87. The zero-order valence-corrected chi connectivity index (χ0v) is 19.1. The summed E-state index contributed by atoms with van der Waals surface area (Å²) in [6, 6.07) is 14.4. The fourth-order valence-electron chi connectivity index (χ4n) is 4.11. The van der Waals surface area contributed by atoms with E-state index in [9.17, 15) is 13.2 Å². The molecule has 0 spiro atoms. The molecule has 0 aromatic heterocycles. The number of anilines is 2. The molecule has 0 radical (unpaired) electrons. The minimum absolute atomic E-state index is 0.287. The summed E-state index contributed by atoms with van der Waals surface area (Å²) in [5.41, 5.74) is 2.33. The molecule has 7 nitrogen and oxygen atoms in total. The third kappa shape index (κ3) is 4.35. The molecule has 166 valence electrons. The first kappa shape index (κ1) is 21.5. The standard InChI is InChI=1S/C23H29N3O4S/c1-23(2,3)30-22(27)25-16-14-24(15-17-25)20-10-7-11-21-19(20)12-13-26(21)31(28,29)18-8-5-4-6-9-18/h4-11H,12-17H2,1-3H3. The summed E-state index contributed by atoms with van der Waals surface area (Å²) < 4.78 is 33.3. The molecule has 4 rings (SSSR count). The molecule has 8 heteroatoms. The topological polar surface area (TPSA) is 70.2 Å². The minimum atomic E-state index is -3.59. The molecule has 0 unspecified atom stereocenters. The lowest BCUT2D eigenvalue weighted by atomic mass is 10.1. The lowest BCUT2D eigenvalue weighted by Gasteiger charge is -2.37. The maximum Gasteiger partial charge on any atom is 0.410 e. The largest absolute Gasteiger partial charge is 0.444 e. The van der Waals surface area contributed by atoms with Gasteiger partial charge in [-0.1, -0.05) is 24.3 Å². The monoisotopic (exact) mass is 443 g/mol. The number of fused-ring (bicyclic) bond motifs is 1. The Balaban J connectivity index is 1.52. The van der Waals surface area contributed by atoms with E-state index in [1.165, 1.54) is 4.31 Å². The van der Waals surface area contributed by atoms with Crippen molar-refractivity contribution in [2.45, 2.75) is 37.7 Å². The molecule has 2 heterocycles. The van der Waals surface area contributed by atoms with Crippen molar-refractivity contribution >= 4 is 27.5 Å². The van der Waals surface area contributed by atoms with Crippen LogP contribution >= 0.6 is 0 Å². The lowest BCUT2D eigenvalue weighted by Crippen LogP contribution is -2.50. The fraction of sp³-hybridized carbons (Fsp3) is 0.435. The summed E-state index contributed by atoms with van der Waals surface area (Å²) in [6.45, 7) is 8.54. The molecule has 2 aliphatic rings. The quantitative estimate of drug-likeness (QED) is 0.726. The third-order valence-electron chi connectivity index (χ3n) is 5.56. The van der Waals surface area contributed by atoms with Crippen LogP contribution in [0.3, 0.4) is 0 Å². The van der Waals surface area contributed by atoms with Crippen molar-refractivity contribution in [3.05, 3.63) is 54.1 Å². The van der Waals surface area contributed by atoms with E-state index in [1.807, 2.05) is 45.0 Å². The molecule has 0 N–H and O–H groups in total. The van der Waals surface area contributed by atoms with Gasteiger partial charge in [-0.05, 0) is 51.5 Å². The van der Waals surface area contributed by atoms with Crippen LogP contribution in [0.5, 0.6) is 0 Å². The van der Waals surface area contributed by atoms with Gasteiger partial charge in [-0.25, -0.2) is 13.2 Å². The molecule has 2 aromatic carbocycles. The van der Waals surface area contributed by atoms with E-state index >= 15 is 0 Å². The third-order valence-corrected chi connectivity index (χ3v) is 7.39. The normalized spacial score (nSPS) is 16.9. The first-order valence-corrected chi connectivity index (χ1v) is 12.0. The zero-order valence-electron chi connectivity index (χ0n) is 18.2. The number of amides is 1.